The Morgan fingerprint density at radius 3 is 2.74 bits per heavy atom. The molecule has 0 aliphatic heterocycles. The lowest BCUT2D eigenvalue weighted by Crippen LogP contribution is -2.32. The molecule has 0 radical (unpaired) electrons. The van der Waals surface area contributed by atoms with Crippen LogP contribution in [0.15, 0.2) is 29.4 Å². The molecule has 0 amide bonds. The number of carboxylic acids is 1. The van der Waals surface area contributed by atoms with Crippen molar-refractivity contribution in [1.29, 1.82) is 0 Å². The van der Waals surface area contributed by atoms with Gasteiger partial charge in [0.15, 0.2) is 0 Å². The van der Waals surface area contributed by atoms with Crippen LogP contribution in [-0.2, 0) is 11.2 Å². The van der Waals surface area contributed by atoms with E-state index in [1.807, 2.05) is 0 Å². The SMILES string of the molecule is [N-]=[N+]=NCCCOc1ccc(C[C@H](N)C(=O)O)cc1. The molecule has 0 aromatic heterocycles. The number of rotatable bonds is 8. The molecule has 0 spiro atoms. The average Bonchev–Trinajstić information content (AvgIpc) is 2.40. The van der Waals surface area contributed by atoms with E-state index in [1.165, 1.54) is 0 Å². The third-order valence-corrected chi connectivity index (χ3v) is 2.43. The molecule has 1 atom stereocenters. The first kappa shape index (κ1) is 14.8. The van der Waals surface area contributed by atoms with Crippen molar-refractivity contribution in [3.63, 3.8) is 0 Å². The first-order valence-electron chi connectivity index (χ1n) is 5.84. The minimum absolute atomic E-state index is 0.284. The topological polar surface area (TPSA) is 121 Å². The second-order valence-corrected chi connectivity index (χ2v) is 3.95. The number of carboxylic acid groups (broad SMARTS) is 1. The molecular weight excluding hydrogens is 248 g/mol. The minimum Gasteiger partial charge on any atom is -0.494 e. The largest absolute Gasteiger partial charge is 0.494 e. The Hall–Kier alpha value is -2.24. The number of hydrogen-bond acceptors (Lipinski definition) is 4. The van der Waals surface area contributed by atoms with E-state index in [0.29, 0.717) is 25.3 Å². The number of hydrogen-bond donors (Lipinski definition) is 2. The number of aliphatic carboxylic acids is 1. The van der Waals surface area contributed by atoms with Gasteiger partial charge in [0.25, 0.3) is 0 Å². The highest BCUT2D eigenvalue weighted by Crippen LogP contribution is 2.13. The quantitative estimate of drug-likeness (QED) is 0.321. The smallest absolute Gasteiger partial charge is 0.320 e. The van der Waals surface area contributed by atoms with Gasteiger partial charge in [-0.1, -0.05) is 17.2 Å². The summed E-state index contributed by atoms with van der Waals surface area (Å²) in [6, 6.07) is 6.20. The van der Waals surface area contributed by atoms with E-state index in [-0.39, 0.29) is 6.42 Å². The van der Waals surface area contributed by atoms with Gasteiger partial charge in [0.2, 0.25) is 0 Å². The fourth-order valence-corrected chi connectivity index (χ4v) is 1.43. The standard InChI is InChI=1S/C12H16N4O3/c13-11(12(17)18)8-9-2-4-10(5-3-9)19-7-1-6-15-16-14/h2-5,11H,1,6-8,13H2,(H,17,18)/t11-/m0/s1. The molecule has 1 aromatic carbocycles. The lowest BCUT2D eigenvalue weighted by Gasteiger charge is -2.08. The van der Waals surface area contributed by atoms with E-state index in [4.69, 9.17) is 21.1 Å². The predicted octanol–water partition coefficient (Wildman–Crippen LogP) is 1.72. The highest BCUT2D eigenvalue weighted by atomic mass is 16.5. The summed E-state index contributed by atoms with van der Waals surface area (Å²) in [5.74, 6) is -0.327. The van der Waals surface area contributed by atoms with Gasteiger partial charge in [0.05, 0.1) is 6.61 Å². The number of nitrogens with two attached hydrogens (primary N) is 1. The molecule has 0 unspecified atom stereocenters. The molecular formula is C12H16N4O3. The Bertz CT molecular complexity index is 455. The van der Waals surface area contributed by atoms with Crippen LogP contribution in [0.4, 0.5) is 0 Å². The molecule has 0 saturated heterocycles. The van der Waals surface area contributed by atoms with Crippen LogP contribution < -0.4 is 10.5 Å². The van der Waals surface area contributed by atoms with Crippen molar-refractivity contribution in [1.82, 2.24) is 0 Å². The summed E-state index contributed by atoms with van der Waals surface area (Å²) < 4.78 is 5.43. The third kappa shape index (κ3) is 5.76. The average molecular weight is 264 g/mol. The van der Waals surface area contributed by atoms with Gasteiger partial charge in [-0.2, -0.15) is 0 Å². The Labute approximate surface area is 110 Å². The second kappa shape index (κ2) is 7.97. The van der Waals surface area contributed by atoms with E-state index in [9.17, 15) is 4.79 Å². The molecule has 0 bridgehead atoms. The van der Waals surface area contributed by atoms with Crippen LogP contribution in [0, 0.1) is 0 Å². The Kier molecular flexibility index (Phi) is 6.21. The van der Waals surface area contributed by atoms with Crippen molar-refractivity contribution in [2.24, 2.45) is 10.8 Å². The normalized spacial score (nSPS) is 11.4. The van der Waals surface area contributed by atoms with Crippen LogP contribution >= 0.6 is 0 Å². The zero-order valence-electron chi connectivity index (χ0n) is 10.4. The molecule has 0 saturated carbocycles. The highest BCUT2D eigenvalue weighted by molar-refractivity contribution is 5.73. The number of carbonyl (C=O) groups is 1. The third-order valence-electron chi connectivity index (χ3n) is 2.43. The Morgan fingerprint density at radius 1 is 1.47 bits per heavy atom. The van der Waals surface area contributed by atoms with E-state index < -0.39 is 12.0 Å². The molecule has 0 aliphatic rings. The lowest BCUT2D eigenvalue weighted by atomic mass is 10.1. The van der Waals surface area contributed by atoms with E-state index in [1.54, 1.807) is 24.3 Å². The molecule has 7 heteroatoms. The first-order chi connectivity index (χ1) is 9.13. The number of azide groups is 1. The predicted molar refractivity (Wildman–Crippen MR) is 69.9 cm³/mol. The molecule has 3 N–H and O–H groups in total. The molecule has 7 nitrogen and oxygen atoms in total. The summed E-state index contributed by atoms with van der Waals surface area (Å²) in [5, 5.41) is 12.1. The molecule has 0 heterocycles. The van der Waals surface area contributed by atoms with E-state index >= 15 is 0 Å². The zero-order valence-corrected chi connectivity index (χ0v) is 10.4. The summed E-state index contributed by atoms with van der Waals surface area (Å²) in [4.78, 5) is 13.3. The van der Waals surface area contributed by atoms with Gasteiger partial charge in [-0.15, -0.1) is 0 Å². The van der Waals surface area contributed by atoms with Crippen molar-refractivity contribution in [3.05, 3.63) is 40.3 Å². The summed E-state index contributed by atoms with van der Waals surface area (Å²) in [5.41, 5.74) is 14.4. The minimum atomic E-state index is -1.02. The summed E-state index contributed by atoms with van der Waals surface area (Å²) in [6.45, 7) is 0.870. The fourth-order valence-electron chi connectivity index (χ4n) is 1.43. The van der Waals surface area contributed by atoms with Gasteiger partial charge in [-0.25, -0.2) is 0 Å². The molecule has 0 fully saturated rings. The van der Waals surface area contributed by atoms with Crippen LogP contribution in [0.2, 0.25) is 0 Å². The number of nitrogens with zero attached hydrogens (tertiary/aromatic N) is 3. The number of ether oxygens (including phenoxy) is 1. The van der Waals surface area contributed by atoms with Gasteiger partial charge >= 0.3 is 5.97 Å². The van der Waals surface area contributed by atoms with Crippen molar-refractivity contribution < 1.29 is 14.6 Å². The summed E-state index contributed by atoms with van der Waals surface area (Å²) in [6.07, 6.45) is 0.933. The second-order valence-electron chi connectivity index (χ2n) is 3.95. The van der Waals surface area contributed by atoms with Gasteiger partial charge < -0.3 is 15.6 Å². The number of benzene rings is 1. The fraction of sp³-hybridized carbons (Fsp3) is 0.417. The maximum absolute atomic E-state index is 10.6. The molecule has 102 valence electrons. The van der Waals surface area contributed by atoms with Crippen LogP contribution in [0.1, 0.15) is 12.0 Å². The van der Waals surface area contributed by atoms with Crippen molar-refractivity contribution in [3.8, 4) is 5.75 Å². The molecule has 19 heavy (non-hydrogen) atoms. The maximum atomic E-state index is 10.6. The van der Waals surface area contributed by atoms with Crippen molar-refractivity contribution in [2.75, 3.05) is 13.2 Å². The molecule has 1 aromatic rings. The Balaban J connectivity index is 2.39. The van der Waals surface area contributed by atoms with Gasteiger partial charge in [-0.3, -0.25) is 4.79 Å². The zero-order chi connectivity index (χ0) is 14.1. The van der Waals surface area contributed by atoms with Crippen LogP contribution in [0.3, 0.4) is 0 Å². The molecule has 1 rings (SSSR count). The maximum Gasteiger partial charge on any atom is 0.320 e. The monoisotopic (exact) mass is 264 g/mol. The van der Waals surface area contributed by atoms with Crippen molar-refractivity contribution in [2.45, 2.75) is 18.9 Å². The van der Waals surface area contributed by atoms with Crippen LogP contribution in [0.5, 0.6) is 5.75 Å². The summed E-state index contributed by atoms with van der Waals surface area (Å²) in [7, 11) is 0. The first-order valence-corrected chi connectivity index (χ1v) is 5.84. The van der Waals surface area contributed by atoms with Gasteiger partial charge in [0, 0.05) is 11.5 Å². The van der Waals surface area contributed by atoms with Gasteiger partial charge in [0.1, 0.15) is 11.8 Å². The Morgan fingerprint density at radius 2 is 2.16 bits per heavy atom. The van der Waals surface area contributed by atoms with Gasteiger partial charge in [-0.05, 0) is 36.1 Å². The van der Waals surface area contributed by atoms with Crippen LogP contribution in [0.25, 0.3) is 10.4 Å². The molecule has 0 aliphatic carbocycles. The summed E-state index contributed by atoms with van der Waals surface area (Å²) >= 11 is 0. The van der Waals surface area contributed by atoms with Crippen LogP contribution in [-0.4, -0.2) is 30.3 Å². The lowest BCUT2D eigenvalue weighted by molar-refractivity contribution is -0.138. The van der Waals surface area contributed by atoms with Crippen molar-refractivity contribution >= 4 is 5.97 Å². The van der Waals surface area contributed by atoms with E-state index in [0.717, 1.165) is 5.56 Å². The van der Waals surface area contributed by atoms with E-state index in [2.05, 4.69) is 10.0 Å². The highest BCUT2D eigenvalue weighted by Gasteiger charge is 2.11.